The van der Waals surface area contributed by atoms with E-state index in [1.54, 1.807) is 6.07 Å². The molecule has 8 heteroatoms. The average molecular weight is 290 g/mol. The molecular weight excluding hydrogens is 276 g/mol. The third-order valence-corrected chi connectivity index (χ3v) is 2.59. The second kappa shape index (κ2) is 6.51. The number of carbonyl (C=O) groups is 1. The third kappa shape index (κ3) is 3.78. The third-order valence-electron chi connectivity index (χ3n) is 2.59. The maximum Gasteiger partial charge on any atom is 0.335 e. The lowest BCUT2D eigenvalue weighted by atomic mass is 10.2. The summed E-state index contributed by atoms with van der Waals surface area (Å²) in [6.07, 6.45) is 1.44. The fourth-order valence-electron chi connectivity index (χ4n) is 1.57. The van der Waals surface area contributed by atoms with Crippen LogP contribution in [0.4, 0.5) is 5.95 Å². The minimum absolute atomic E-state index is 0.172. The van der Waals surface area contributed by atoms with Crippen LogP contribution in [0, 0.1) is 0 Å². The number of methoxy groups -OCH3 is 2. The number of nitrogens with one attached hydrogen (secondary N) is 1. The van der Waals surface area contributed by atoms with Crippen LogP contribution in [-0.4, -0.2) is 40.2 Å². The van der Waals surface area contributed by atoms with Crippen LogP contribution in [0.15, 0.2) is 24.4 Å². The monoisotopic (exact) mass is 290 g/mol. The molecule has 2 N–H and O–H groups in total. The lowest BCUT2D eigenvalue weighted by molar-refractivity contribution is 0.0696. The Morgan fingerprint density at radius 1 is 1.24 bits per heavy atom. The molecule has 0 unspecified atom stereocenters. The Labute approximate surface area is 120 Å². The largest absolute Gasteiger partial charge is 0.481 e. The first-order valence-corrected chi connectivity index (χ1v) is 6.01. The Hall–Kier alpha value is -2.90. The van der Waals surface area contributed by atoms with E-state index >= 15 is 0 Å². The highest BCUT2D eigenvalue weighted by molar-refractivity contribution is 5.87. The van der Waals surface area contributed by atoms with Crippen LogP contribution in [0.25, 0.3) is 0 Å². The molecule has 0 amide bonds. The van der Waals surface area contributed by atoms with E-state index in [9.17, 15) is 4.79 Å². The number of nitrogens with zero attached hydrogens (tertiary/aromatic N) is 3. The quantitative estimate of drug-likeness (QED) is 0.817. The van der Waals surface area contributed by atoms with Gasteiger partial charge in [-0.3, -0.25) is 4.98 Å². The Kier molecular flexibility index (Phi) is 4.50. The molecule has 0 aromatic carbocycles. The number of hydrogen-bond donors (Lipinski definition) is 2. The first kappa shape index (κ1) is 14.5. The molecule has 0 fully saturated rings. The number of hydrogen-bond acceptors (Lipinski definition) is 7. The van der Waals surface area contributed by atoms with Crippen molar-refractivity contribution in [2.45, 2.75) is 6.54 Å². The van der Waals surface area contributed by atoms with Gasteiger partial charge in [0.25, 0.3) is 0 Å². The van der Waals surface area contributed by atoms with Crippen LogP contribution in [0.1, 0.15) is 16.1 Å². The van der Waals surface area contributed by atoms with E-state index in [-0.39, 0.29) is 12.1 Å². The molecule has 0 spiro atoms. The van der Waals surface area contributed by atoms with Crippen molar-refractivity contribution in [2.75, 3.05) is 19.5 Å². The fraction of sp³-hybridized carbons (Fsp3) is 0.231. The molecular formula is C13H14N4O4. The van der Waals surface area contributed by atoms with Gasteiger partial charge in [0, 0.05) is 6.20 Å². The van der Waals surface area contributed by atoms with Gasteiger partial charge in [0.15, 0.2) is 0 Å². The smallest absolute Gasteiger partial charge is 0.335 e. The van der Waals surface area contributed by atoms with E-state index in [4.69, 9.17) is 14.6 Å². The first-order chi connectivity index (χ1) is 10.1. The summed E-state index contributed by atoms with van der Waals surface area (Å²) in [6, 6.07) is 4.46. The predicted octanol–water partition coefficient (Wildman–Crippen LogP) is 1.20. The highest BCUT2D eigenvalue weighted by Crippen LogP contribution is 2.17. The molecule has 21 heavy (non-hydrogen) atoms. The van der Waals surface area contributed by atoms with Crippen LogP contribution in [0.5, 0.6) is 11.8 Å². The molecule has 0 aliphatic heterocycles. The van der Waals surface area contributed by atoms with Crippen LogP contribution in [0.2, 0.25) is 0 Å². The maximum atomic E-state index is 10.9. The van der Waals surface area contributed by atoms with Crippen molar-refractivity contribution in [3.05, 3.63) is 35.7 Å². The van der Waals surface area contributed by atoms with Crippen LogP contribution in [-0.2, 0) is 6.54 Å². The molecule has 0 aliphatic carbocycles. The summed E-state index contributed by atoms with van der Waals surface area (Å²) in [5, 5.41) is 11.9. The standard InChI is InChI=1S/C13H14N4O4/c1-20-10-6-11(21-2)17-13(16-10)15-7-9-5-8(12(18)19)3-4-14-9/h3-6H,7H2,1-2H3,(H,18,19)(H,15,16,17). The van der Waals surface area contributed by atoms with E-state index in [1.807, 2.05) is 0 Å². The highest BCUT2D eigenvalue weighted by Gasteiger charge is 2.07. The van der Waals surface area contributed by atoms with Crippen molar-refractivity contribution in [3.8, 4) is 11.8 Å². The van der Waals surface area contributed by atoms with Gasteiger partial charge < -0.3 is 19.9 Å². The fourth-order valence-corrected chi connectivity index (χ4v) is 1.57. The highest BCUT2D eigenvalue weighted by atomic mass is 16.5. The van der Waals surface area contributed by atoms with Gasteiger partial charge in [-0.25, -0.2) is 4.79 Å². The molecule has 2 heterocycles. The second-order valence-corrected chi connectivity index (χ2v) is 3.97. The zero-order chi connectivity index (χ0) is 15.2. The molecule has 8 nitrogen and oxygen atoms in total. The number of ether oxygens (including phenoxy) is 2. The summed E-state index contributed by atoms with van der Waals surface area (Å²) < 4.78 is 10.1. The Morgan fingerprint density at radius 3 is 2.48 bits per heavy atom. The number of carboxylic acid groups (broad SMARTS) is 1. The maximum absolute atomic E-state index is 10.9. The second-order valence-electron chi connectivity index (χ2n) is 3.97. The van der Waals surface area contributed by atoms with Crippen molar-refractivity contribution in [1.82, 2.24) is 15.0 Å². The number of carboxylic acids is 1. The zero-order valence-electron chi connectivity index (χ0n) is 11.5. The summed E-state index contributed by atoms with van der Waals surface area (Å²) in [4.78, 5) is 23.2. The van der Waals surface area contributed by atoms with Crippen molar-refractivity contribution < 1.29 is 19.4 Å². The Bertz CT molecular complexity index is 626. The van der Waals surface area contributed by atoms with Crippen molar-refractivity contribution in [2.24, 2.45) is 0 Å². The molecule has 2 aromatic heterocycles. The lowest BCUT2D eigenvalue weighted by Crippen LogP contribution is -2.08. The van der Waals surface area contributed by atoms with Crippen LogP contribution < -0.4 is 14.8 Å². The van der Waals surface area contributed by atoms with Crippen molar-refractivity contribution in [1.29, 1.82) is 0 Å². The molecule has 0 bridgehead atoms. The number of aromatic nitrogens is 3. The van der Waals surface area contributed by atoms with Crippen LogP contribution >= 0.6 is 0 Å². The van der Waals surface area contributed by atoms with Crippen molar-refractivity contribution in [3.63, 3.8) is 0 Å². The number of pyridine rings is 1. The van der Waals surface area contributed by atoms with Gasteiger partial charge in [-0.1, -0.05) is 0 Å². The molecule has 0 saturated heterocycles. The SMILES string of the molecule is COc1cc(OC)nc(NCc2cc(C(=O)O)ccn2)n1. The molecule has 0 saturated carbocycles. The lowest BCUT2D eigenvalue weighted by Gasteiger charge is -2.08. The molecule has 0 aliphatic rings. The van der Waals surface area contributed by atoms with Gasteiger partial charge in [-0.2, -0.15) is 9.97 Å². The number of rotatable bonds is 6. The van der Waals surface area contributed by atoms with E-state index in [1.165, 1.54) is 32.5 Å². The van der Waals surface area contributed by atoms with Gasteiger partial charge >= 0.3 is 5.97 Å². The molecule has 0 radical (unpaired) electrons. The molecule has 0 atom stereocenters. The van der Waals surface area contributed by atoms with Crippen molar-refractivity contribution >= 4 is 11.9 Å². The minimum atomic E-state index is -1.00. The Morgan fingerprint density at radius 2 is 1.90 bits per heavy atom. The number of aromatic carboxylic acids is 1. The summed E-state index contributed by atoms with van der Waals surface area (Å²) >= 11 is 0. The van der Waals surface area contributed by atoms with Gasteiger partial charge in [0.05, 0.1) is 38.1 Å². The first-order valence-electron chi connectivity index (χ1n) is 6.01. The van der Waals surface area contributed by atoms with E-state index in [0.29, 0.717) is 23.4 Å². The van der Waals surface area contributed by atoms with Crippen LogP contribution in [0.3, 0.4) is 0 Å². The topological polar surface area (TPSA) is 106 Å². The average Bonchev–Trinajstić information content (AvgIpc) is 2.52. The summed E-state index contributed by atoms with van der Waals surface area (Å²) in [5.41, 5.74) is 0.728. The molecule has 110 valence electrons. The predicted molar refractivity (Wildman–Crippen MR) is 73.7 cm³/mol. The molecule has 2 rings (SSSR count). The van der Waals surface area contributed by atoms with Gasteiger partial charge in [0.2, 0.25) is 17.7 Å². The van der Waals surface area contributed by atoms with Gasteiger partial charge in [-0.05, 0) is 12.1 Å². The van der Waals surface area contributed by atoms with E-state index in [0.717, 1.165) is 0 Å². The molecule has 2 aromatic rings. The number of anilines is 1. The van der Waals surface area contributed by atoms with Gasteiger partial charge in [0.1, 0.15) is 0 Å². The van der Waals surface area contributed by atoms with Gasteiger partial charge in [-0.15, -0.1) is 0 Å². The van der Waals surface area contributed by atoms with E-state index in [2.05, 4.69) is 20.3 Å². The normalized spacial score (nSPS) is 10.0. The summed E-state index contributed by atoms with van der Waals surface area (Å²) in [6.45, 7) is 0.275. The van der Waals surface area contributed by atoms with E-state index < -0.39 is 5.97 Å². The zero-order valence-corrected chi connectivity index (χ0v) is 11.5. The Balaban J connectivity index is 2.12. The minimum Gasteiger partial charge on any atom is -0.481 e. The summed E-state index contributed by atoms with van der Waals surface area (Å²) in [5.74, 6) is 0.0138. The summed E-state index contributed by atoms with van der Waals surface area (Å²) in [7, 11) is 2.98.